The lowest BCUT2D eigenvalue weighted by molar-refractivity contribution is 0.0286. The quantitative estimate of drug-likeness (QED) is 0.758. The number of carbonyl (C=O) groups excluding carboxylic acids is 1. The number of likely N-dealkylation sites (tertiary alicyclic amines) is 2. The van der Waals surface area contributed by atoms with Crippen molar-refractivity contribution >= 4 is 6.09 Å². The summed E-state index contributed by atoms with van der Waals surface area (Å²) in [7, 11) is 0. The van der Waals surface area contributed by atoms with E-state index < -0.39 is 0 Å². The fourth-order valence-electron chi connectivity index (χ4n) is 2.80. The zero-order valence-electron chi connectivity index (χ0n) is 11.9. The molecular weight excluding hydrogens is 228 g/mol. The summed E-state index contributed by atoms with van der Waals surface area (Å²) < 4.78 is 5.41. The predicted octanol–water partition coefficient (Wildman–Crippen LogP) is 2.34. The Balaban J connectivity index is 1.75. The van der Waals surface area contributed by atoms with Gasteiger partial charge in [-0.2, -0.15) is 0 Å². The van der Waals surface area contributed by atoms with Crippen molar-refractivity contribution in [2.24, 2.45) is 5.92 Å². The van der Waals surface area contributed by atoms with Crippen molar-refractivity contribution in [2.45, 2.75) is 45.6 Å². The van der Waals surface area contributed by atoms with Gasteiger partial charge in [0.15, 0.2) is 0 Å². The Kier molecular flexibility index (Phi) is 4.15. The van der Waals surface area contributed by atoms with E-state index in [2.05, 4.69) is 4.90 Å². The number of amides is 1. The molecule has 1 atom stereocenters. The van der Waals surface area contributed by atoms with Gasteiger partial charge in [-0.15, -0.1) is 0 Å². The van der Waals surface area contributed by atoms with E-state index in [1.807, 2.05) is 25.7 Å². The molecule has 0 aromatic rings. The van der Waals surface area contributed by atoms with Crippen LogP contribution in [0.2, 0.25) is 0 Å². The molecule has 1 amide bonds. The third kappa shape index (κ3) is 3.87. The predicted molar refractivity (Wildman–Crippen MR) is 71.6 cm³/mol. The number of ether oxygens (including phenoxy) is 1. The van der Waals surface area contributed by atoms with Crippen molar-refractivity contribution in [3.8, 4) is 0 Å². The summed E-state index contributed by atoms with van der Waals surface area (Å²) in [6.45, 7) is 11.1. The topological polar surface area (TPSA) is 32.8 Å². The Bertz CT molecular complexity index is 293. The van der Waals surface area contributed by atoms with Crippen molar-refractivity contribution in [1.82, 2.24) is 9.80 Å². The number of hydrogen-bond acceptors (Lipinski definition) is 3. The third-order valence-corrected chi connectivity index (χ3v) is 3.65. The smallest absolute Gasteiger partial charge is 0.410 e. The second-order valence-electron chi connectivity index (χ2n) is 6.59. The van der Waals surface area contributed by atoms with Gasteiger partial charge in [-0.25, -0.2) is 4.79 Å². The van der Waals surface area contributed by atoms with E-state index in [-0.39, 0.29) is 11.7 Å². The van der Waals surface area contributed by atoms with Crippen molar-refractivity contribution in [3.63, 3.8) is 0 Å². The van der Waals surface area contributed by atoms with Crippen LogP contribution in [0.25, 0.3) is 0 Å². The SMILES string of the molecule is CC(C)(C)OC(=O)N1CC[C@H](CN2CCCC2)C1. The molecule has 0 aromatic heterocycles. The molecule has 18 heavy (non-hydrogen) atoms. The van der Waals surface area contributed by atoms with Crippen LogP contribution in [0.15, 0.2) is 0 Å². The molecule has 0 saturated carbocycles. The third-order valence-electron chi connectivity index (χ3n) is 3.65. The highest BCUT2D eigenvalue weighted by atomic mass is 16.6. The Labute approximate surface area is 110 Å². The van der Waals surface area contributed by atoms with Crippen LogP contribution >= 0.6 is 0 Å². The fraction of sp³-hybridized carbons (Fsp3) is 0.929. The highest BCUT2D eigenvalue weighted by Gasteiger charge is 2.30. The number of rotatable bonds is 2. The van der Waals surface area contributed by atoms with Crippen molar-refractivity contribution in [3.05, 3.63) is 0 Å². The summed E-state index contributed by atoms with van der Waals surface area (Å²) in [6.07, 6.45) is 3.65. The average Bonchev–Trinajstić information content (AvgIpc) is 2.86. The molecule has 0 N–H and O–H groups in total. The molecule has 2 heterocycles. The zero-order valence-corrected chi connectivity index (χ0v) is 11.9. The molecular formula is C14H26N2O2. The first-order chi connectivity index (χ1) is 8.44. The lowest BCUT2D eigenvalue weighted by Crippen LogP contribution is -2.36. The van der Waals surface area contributed by atoms with Gasteiger partial charge in [0.1, 0.15) is 5.60 Å². The second-order valence-corrected chi connectivity index (χ2v) is 6.59. The van der Waals surface area contributed by atoms with E-state index in [1.54, 1.807) is 0 Å². The maximum absolute atomic E-state index is 11.9. The van der Waals surface area contributed by atoms with E-state index in [1.165, 1.54) is 25.9 Å². The van der Waals surface area contributed by atoms with Crippen LogP contribution in [0.5, 0.6) is 0 Å². The van der Waals surface area contributed by atoms with E-state index in [0.717, 1.165) is 26.1 Å². The van der Waals surface area contributed by atoms with Crippen LogP contribution in [-0.2, 0) is 4.74 Å². The van der Waals surface area contributed by atoms with Crippen molar-refractivity contribution in [2.75, 3.05) is 32.7 Å². The minimum absolute atomic E-state index is 0.147. The molecule has 0 radical (unpaired) electrons. The van der Waals surface area contributed by atoms with E-state index in [4.69, 9.17) is 4.74 Å². The summed E-state index contributed by atoms with van der Waals surface area (Å²) in [4.78, 5) is 16.3. The van der Waals surface area contributed by atoms with Crippen LogP contribution in [0.1, 0.15) is 40.0 Å². The highest BCUT2D eigenvalue weighted by molar-refractivity contribution is 5.68. The van der Waals surface area contributed by atoms with Gasteiger partial charge in [-0.1, -0.05) is 0 Å². The molecule has 2 fully saturated rings. The Morgan fingerprint density at radius 2 is 1.89 bits per heavy atom. The summed E-state index contributed by atoms with van der Waals surface area (Å²) in [6, 6.07) is 0. The van der Waals surface area contributed by atoms with Crippen molar-refractivity contribution in [1.29, 1.82) is 0 Å². The zero-order chi connectivity index (χ0) is 13.2. The first-order valence-electron chi connectivity index (χ1n) is 7.14. The van der Waals surface area contributed by atoms with Gasteiger partial charge in [0, 0.05) is 19.6 Å². The highest BCUT2D eigenvalue weighted by Crippen LogP contribution is 2.21. The fourth-order valence-corrected chi connectivity index (χ4v) is 2.80. The summed E-state index contributed by atoms with van der Waals surface area (Å²) in [5.74, 6) is 0.635. The van der Waals surface area contributed by atoms with Crippen LogP contribution in [0, 0.1) is 5.92 Å². The molecule has 0 bridgehead atoms. The molecule has 2 aliphatic heterocycles. The molecule has 0 unspecified atom stereocenters. The van der Waals surface area contributed by atoms with Crippen molar-refractivity contribution < 1.29 is 9.53 Å². The molecule has 0 aliphatic carbocycles. The molecule has 4 heteroatoms. The molecule has 2 rings (SSSR count). The normalized spacial score (nSPS) is 25.7. The Morgan fingerprint density at radius 1 is 1.22 bits per heavy atom. The maximum Gasteiger partial charge on any atom is 0.410 e. The number of nitrogens with zero attached hydrogens (tertiary/aromatic N) is 2. The molecule has 2 saturated heterocycles. The summed E-state index contributed by atoms with van der Waals surface area (Å²) in [5.41, 5.74) is -0.385. The molecule has 2 aliphatic rings. The second kappa shape index (κ2) is 5.47. The van der Waals surface area contributed by atoms with Crippen LogP contribution in [-0.4, -0.2) is 54.2 Å². The van der Waals surface area contributed by atoms with Crippen LogP contribution in [0.3, 0.4) is 0 Å². The Hall–Kier alpha value is -0.770. The lowest BCUT2D eigenvalue weighted by atomic mass is 10.1. The minimum atomic E-state index is -0.385. The molecule has 4 nitrogen and oxygen atoms in total. The number of hydrogen-bond donors (Lipinski definition) is 0. The Morgan fingerprint density at radius 3 is 2.50 bits per heavy atom. The van der Waals surface area contributed by atoms with E-state index >= 15 is 0 Å². The van der Waals surface area contributed by atoms with Gasteiger partial charge in [0.2, 0.25) is 0 Å². The largest absolute Gasteiger partial charge is 0.444 e. The van der Waals surface area contributed by atoms with Gasteiger partial charge in [0.05, 0.1) is 0 Å². The number of carbonyl (C=O) groups is 1. The van der Waals surface area contributed by atoms with Gasteiger partial charge in [0.25, 0.3) is 0 Å². The monoisotopic (exact) mass is 254 g/mol. The van der Waals surface area contributed by atoms with E-state index in [9.17, 15) is 4.79 Å². The van der Waals surface area contributed by atoms with Gasteiger partial charge in [-0.3, -0.25) is 0 Å². The standard InChI is InChI=1S/C14H26N2O2/c1-14(2,3)18-13(17)16-9-6-12(11-16)10-15-7-4-5-8-15/h12H,4-11H2,1-3H3/t12-/m1/s1. The summed E-state index contributed by atoms with van der Waals surface area (Å²) in [5, 5.41) is 0. The first kappa shape index (κ1) is 13.7. The van der Waals surface area contributed by atoms with Gasteiger partial charge in [-0.05, 0) is 59.0 Å². The van der Waals surface area contributed by atoms with Gasteiger partial charge >= 0.3 is 6.09 Å². The average molecular weight is 254 g/mol. The first-order valence-corrected chi connectivity index (χ1v) is 7.14. The summed E-state index contributed by atoms with van der Waals surface area (Å²) >= 11 is 0. The molecule has 0 spiro atoms. The maximum atomic E-state index is 11.9. The molecule has 104 valence electrons. The van der Waals surface area contributed by atoms with Crippen LogP contribution in [0.4, 0.5) is 4.79 Å². The minimum Gasteiger partial charge on any atom is -0.444 e. The van der Waals surface area contributed by atoms with Crippen LogP contribution < -0.4 is 0 Å². The molecule has 0 aromatic carbocycles. The van der Waals surface area contributed by atoms with Gasteiger partial charge < -0.3 is 14.5 Å². The van der Waals surface area contributed by atoms with E-state index in [0.29, 0.717) is 5.92 Å². The lowest BCUT2D eigenvalue weighted by Gasteiger charge is -2.25.